The number of hydrogen-bond acceptors (Lipinski definition) is 6. The highest BCUT2D eigenvalue weighted by atomic mass is 32.2. The maximum Gasteiger partial charge on any atom is 0.447 e. The number of hydrogen-bond donors (Lipinski definition) is 2. The van der Waals surface area contributed by atoms with Gasteiger partial charge in [-0.15, -0.1) is 0 Å². The van der Waals surface area contributed by atoms with Crippen molar-refractivity contribution in [3.8, 4) is 11.8 Å². The van der Waals surface area contributed by atoms with Gasteiger partial charge in [-0.05, 0) is 64.7 Å². The van der Waals surface area contributed by atoms with Crippen LogP contribution in [0.25, 0.3) is 5.52 Å². The quantitative estimate of drug-likeness (QED) is 0.300. The van der Waals surface area contributed by atoms with Crippen molar-refractivity contribution in [3.05, 3.63) is 47.9 Å². The van der Waals surface area contributed by atoms with Crippen LogP contribution in [-0.2, 0) is 11.8 Å². The van der Waals surface area contributed by atoms with Crippen molar-refractivity contribution >= 4 is 35.0 Å². The van der Waals surface area contributed by atoms with Gasteiger partial charge in [0.25, 0.3) is 5.91 Å². The number of rotatable bonds is 5. The minimum Gasteiger partial charge on any atom is -0.444 e. The van der Waals surface area contributed by atoms with Gasteiger partial charge in [-0.1, -0.05) is 11.8 Å². The molecule has 3 aromatic rings. The molecule has 2 fully saturated rings. The zero-order chi connectivity index (χ0) is 30.2. The van der Waals surface area contributed by atoms with Gasteiger partial charge in [0.1, 0.15) is 10.6 Å². The Morgan fingerprint density at radius 3 is 2.64 bits per heavy atom. The first-order valence-corrected chi connectivity index (χ1v) is 14.5. The summed E-state index contributed by atoms with van der Waals surface area (Å²) >= 11 is -0.232. The fraction of sp³-hybridized carbons (Fsp3) is 0.483. The lowest BCUT2D eigenvalue weighted by Crippen LogP contribution is -2.54. The van der Waals surface area contributed by atoms with Crippen molar-refractivity contribution in [2.24, 2.45) is 7.05 Å². The smallest absolute Gasteiger partial charge is 0.444 e. The first kappa shape index (κ1) is 29.7. The van der Waals surface area contributed by atoms with E-state index in [4.69, 9.17) is 4.74 Å². The predicted molar refractivity (Wildman–Crippen MR) is 153 cm³/mol. The third-order valence-corrected chi connectivity index (χ3v) is 8.11. The van der Waals surface area contributed by atoms with E-state index in [0.29, 0.717) is 16.8 Å². The highest BCUT2D eigenvalue weighted by molar-refractivity contribution is 8.00. The first-order chi connectivity index (χ1) is 19.8. The number of pyridine rings is 1. The molecule has 2 aliphatic heterocycles. The third kappa shape index (κ3) is 6.64. The second kappa shape index (κ2) is 11.5. The van der Waals surface area contributed by atoms with Crippen LogP contribution in [0.3, 0.4) is 0 Å². The molecule has 5 rings (SSSR count). The molecule has 2 aliphatic rings. The van der Waals surface area contributed by atoms with Crippen LogP contribution < -0.4 is 10.6 Å². The van der Waals surface area contributed by atoms with E-state index in [1.54, 1.807) is 31.6 Å². The fourth-order valence-corrected chi connectivity index (χ4v) is 6.32. The number of halogens is 3. The largest absolute Gasteiger partial charge is 0.447 e. The van der Waals surface area contributed by atoms with Crippen molar-refractivity contribution in [1.29, 1.82) is 0 Å². The second-order valence-electron chi connectivity index (χ2n) is 11.5. The van der Waals surface area contributed by atoms with Crippen LogP contribution in [0.2, 0.25) is 0 Å². The summed E-state index contributed by atoms with van der Waals surface area (Å²) in [6.07, 6.45) is 7.56. The maximum atomic E-state index is 13.6. The fourth-order valence-electron chi connectivity index (χ4n) is 5.63. The van der Waals surface area contributed by atoms with Gasteiger partial charge in [-0.2, -0.15) is 18.3 Å². The monoisotopic (exact) mass is 602 g/mol. The number of carbonyl (C=O) groups excluding carboxylic acids is 2. The second-order valence-corrected chi connectivity index (χ2v) is 12.5. The van der Waals surface area contributed by atoms with Gasteiger partial charge in [0.05, 0.1) is 41.1 Å². The number of amides is 2. The molecule has 224 valence electrons. The lowest BCUT2D eigenvalue weighted by molar-refractivity contribution is -0.0330. The van der Waals surface area contributed by atoms with Crippen molar-refractivity contribution in [2.75, 3.05) is 11.9 Å². The molecule has 0 saturated carbocycles. The van der Waals surface area contributed by atoms with E-state index < -0.39 is 11.1 Å². The number of alkyl halides is 3. The number of thioether (sulfide) groups is 1. The number of nitrogens with one attached hydrogen (secondary N) is 2. The Morgan fingerprint density at radius 1 is 1.19 bits per heavy atom. The zero-order valence-electron chi connectivity index (χ0n) is 23.8. The molecule has 3 atom stereocenters. The number of aromatic nitrogens is 3. The third-order valence-electron chi connectivity index (χ3n) is 7.27. The summed E-state index contributed by atoms with van der Waals surface area (Å²) in [5.74, 6) is 5.21. The molecule has 42 heavy (non-hydrogen) atoms. The topological polar surface area (TPSA) is 92.9 Å². The summed E-state index contributed by atoms with van der Waals surface area (Å²) in [5.41, 5.74) is -3.39. The van der Waals surface area contributed by atoms with Gasteiger partial charge in [-0.3, -0.25) is 9.48 Å². The number of ether oxygens (including phenoxy) is 1. The van der Waals surface area contributed by atoms with Crippen LogP contribution in [0.5, 0.6) is 0 Å². The lowest BCUT2D eigenvalue weighted by Gasteiger charge is -2.41. The Labute approximate surface area is 246 Å². The maximum absolute atomic E-state index is 13.6. The van der Waals surface area contributed by atoms with E-state index in [9.17, 15) is 22.8 Å². The molecule has 0 spiro atoms. The number of carbonyl (C=O) groups is 2. The molecule has 2 bridgehead atoms. The highest BCUT2D eigenvalue weighted by Crippen LogP contribution is 2.42. The standard InChI is InChI=1S/C29H33F3N6O3S/c1-28(2,3)41-27(40)38-20-9-11-22(23(38)12-10-20)35-21-8-6-14-37-24(21)15-18(26(37)42-29(30,31)32)7-5-13-33-25(39)19-16-34-36(4)17-19/h6,8,14-17,20,22-23,35H,9-13H2,1-4H3,(H,33,39)/t20-,22-,23-/m1/s1. The van der Waals surface area contributed by atoms with Crippen LogP contribution in [0, 0.1) is 11.8 Å². The van der Waals surface area contributed by atoms with Gasteiger partial charge >= 0.3 is 11.6 Å². The molecule has 9 nitrogen and oxygen atoms in total. The number of aryl methyl sites for hydroxylation is 1. The Bertz CT molecular complexity index is 1550. The van der Waals surface area contributed by atoms with Gasteiger partial charge in [0.2, 0.25) is 0 Å². The Morgan fingerprint density at radius 2 is 1.95 bits per heavy atom. The van der Waals surface area contributed by atoms with Crippen LogP contribution in [0.1, 0.15) is 62.4 Å². The van der Waals surface area contributed by atoms with Gasteiger partial charge in [0.15, 0.2) is 0 Å². The number of nitrogens with zero attached hydrogens (tertiary/aromatic N) is 4. The summed E-state index contributed by atoms with van der Waals surface area (Å²) in [4.78, 5) is 27.1. The normalized spacial score (nSPS) is 20.3. The number of piperidine rings is 1. The van der Waals surface area contributed by atoms with E-state index in [2.05, 4.69) is 27.6 Å². The molecule has 0 aliphatic carbocycles. The molecule has 0 radical (unpaired) electrons. The molecule has 0 unspecified atom stereocenters. The van der Waals surface area contributed by atoms with E-state index in [1.807, 2.05) is 31.7 Å². The zero-order valence-corrected chi connectivity index (χ0v) is 24.6. The Kier molecular flexibility index (Phi) is 8.11. The van der Waals surface area contributed by atoms with Crippen molar-refractivity contribution in [1.82, 2.24) is 24.4 Å². The molecule has 13 heteroatoms. The van der Waals surface area contributed by atoms with E-state index in [-0.39, 0.29) is 59.0 Å². The van der Waals surface area contributed by atoms with E-state index >= 15 is 0 Å². The molecule has 0 aromatic carbocycles. The molecule has 3 aromatic heterocycles. The molecular formula is C29H33F3N6O3S. The molecule has 2 saturated heterocycles. The summed E-state index contributed by atoms with van der Waals surface area (Å²) in [7, 11) is 1.69. The average molecular weight is 603 g/mol. The number of fused-ring (bicyclic) bond motifs is 3. The van der Waals surface area contributed by atoms with E-state index in [0.717, 1.165) is 25.7 Å². The van der Waals surface area contributed by atoms with E-state index in [1.165, 1.54) is 15.3 Å². The van der Waals surface area contributed by atoms with Crippen LogP contribution in [-0.4, -0.2) is 66.9 Å². The molecule has 5 heterocycles. The summed E-state index contributed by atoms with van der Waals surface area (Å²) in [6, 6.07) is 5.09. The highest BCUT2D eigenvalue weighted by Gasteiger charge is 2.46. The minimum absolute atomic E-state index is 0.0490. The van der Waals surface area contributed by atoms with Crippen LogP contribution in [0.4, 0.5) is 23.7 Å². The van der Waals surface area contributed by atoms with Gasteiger partial charge in [-0.25, -0.2) is 4.79 Å². The van der Waals surface area contributed by atoms with Crippen molar-refractivity contribution in [3.63, 3.8) is 0 Å². The first-order valence-electron chi connectivity index (χ1n) is 13.7. The minimum atomic E-state index is -4.53. The average Bonchev–Trinajstić information content (AvgIpc) is 3.57. The summed E-state index contributed by atoms with van der Waals surface area (Å²) in [6.45, 7) is 5.47. The number of anilines is 1. The van der Waals surface area contributed by atoms with Gasteiger partial charge < -0.3 is 24.7 Å². The van der Waals surface area contributed by atoms with Crippen LogP contribution in [0.15, 0.2) is 41.8 Å². The Balaban J connectivity index is 1.39. The predicted octanol–water partition coefficient (Wildman–Crippen LogP) is 5.41. The van der Waals surface area contributed by atoms with Crippen molar-refractivity contribution in [2.45, 2.75) is 80.7 Å². The molecular weight excluding hydrogens is 569 g/mol. The van der Waals surface area contributed by atoms with Gasteiger partial charge in [0, 0.05) is 43.3 Å². The SMILES string of the molecule is Cn1cc(C(=O)NCC#Cc2cc3c(N[C@@H]4CC[C@@H]5CC[C@H]4N5C(=O)OC(C)(C)C)cccn3c2SC(F)(F)F)cn1. The summed E-state index contributed by atoms with van der Waals surface area (Å²) in [5, 5.41) is 10.1. The summed E-state index contributed by atoms with van der Waals surface area (Å²) < 4.78 is 49.4. The molecule has 2 N–H and O–H groups in total. The van der Waals surface area contributed by atoms with Crippen molar-refractivity contribution < 1.29 is 27.5 Å². The van der Waals surface area contributed by atoms with Crippen LogP contribution >= 0.6 is 11.8 Å². The lowest BCUT2D eigenvalue weighted by atomic mass is 9.97. The molecule has 2 amide bonds. The Hall–Kier alpha value is -3.79.